The molecular weight excluding hydrogens is 347 g/mol. The molecular formula is C16H21FN4OS2. The molecule has 8 heteroatoms. The number of carbonyl (C=O) groups is 1. The maximum Gasteiger partial charge on any atom is 0.235 e. The molecule has 5 nitrogen and oxygen atoms in total. The Morgan fingerprint density at radius 3 is 2.71 bits per heavy atom. The number of rotatable bonds is 6. The zero-order chi connectivity index (χ0) is 17.9. The first-order chi connectivity index (χ1) is 11.3. The zero-order valence-corrected chi connectivity index (χ0v) is 16.0. The SMILES string of the molecule is CSCC(C)(C(=O)N(C)c1nnc(-c2cncc(F)c2)s1)C(C)C. The van der Waals surface area contributed by atoms with E-state index in [2.05, 4.69) is 15.2 Å². The van der Waals surface area contributed by atoms with Crippen molar-refractivity contribution in [2.75, 3.05) is 24.0 Å². The lowest BCUT2D eigenvalue weighted by Crippen LogP contribution is -2.45. The van der Waals surface area contributed by atoms with Gasteiger partial charge in [-0.1, -0.05) is 25.2 Å². The fourth-order valence-electron chi connectivity index (χ4n) is 2.24. The molecule has 0 aromatic carbocycles. The number of halogens is 1. The molecule has 24 heavy (non-hydrogen) atoms. The summed E-state index contributed by atoms with van der Waals surface area (Å²) >= 11 is 2.90. The summed E-state index contributed by atoms with van der Waals surface area (Å²) in [7, 11) is 1.71. The number of thioether (sulfide) groups is 1. The van der Waals surface area contributed by atoms with E-state index in [4.69, 9.17) is 0 Å². The Morgan fingerprint density at radius 2 is 2.12 bits per heavy atom. The van der Waals surface area contributed by atoms with Crippen molar-refractivity contribution in [1.82, 2.24) is 15.2 Å². The molecule has 0 fully saturated rings. The van der Waals surface area contributed by atoms with Crippen LogP contribution in [0, 0.1) is 17.2 Å². The first-order valence-electron chi connectivity index (χ1n) is 7.51. The van der Waals surface area contributed by atoms with Crippen molar-refractivity contribution in [1.29, 1.82) is 0 Å². The summed E-state index contributed by atoms with van der Waals surface area (Å²) in [5.74, 6) is 0.500. The van der Waals surface area contributed by atoms with Gasteiger partial charge in [0, 0.05) is 24.6 Å². The van der Waals surface area contributed by atoms with Crippen LogP contribution in [0.5, 0.6) is 0 Å². The van der Waals surface area contributed by atoms with Crippen LogP contribution in [0.4, 0.5) is 9.52 Å². The summed E-state index contributed by atoms with van der Waals surface area (Å²) in [6.07, 6.45) is 4.66. The van der Waals surface area contributed by atoms with Crippen LogP contribution in [0.3, 0.4) is 0 Å². The van der Waals surface area contributed by atoms with Gasteiger partial charge in [-0.25, -0.2) is 4.39 Å². The van der Waals surface area contributed by atoms with Crippen LogP contribution in [-0.2, 0) is 4.79 Å². The largest absolute Gasteiger partial charge is 0.289 e. The van der Waals surface area contributed by atoms with E-state index in [9.17, 15) is 9.18 Å². The lowest BCUT2D eigenvalue weighted by molar-refractivity contribution is -0.128. The van der Waals surface area contributed by atoms with Crippen molar-refractivity contribution in [3.63, 3.8) is 0 Å². The Morgan fingerprint density at radius 1 is 1.42 bits per heavy atom. The number of hydrogen-bond acceptors (Lipinski definition) is 6. The minimum atomic E-state index is -0.486. The molecule has 2 rings (SSSR count). The van der Waals surface area contributed by atoms with Crippen molar-refractivity contribution >= 4 is 34.1 Å². The number of amides is 1. The third-order valence-corrected chi connectivity index (χ3v) is 6.10. The monoisotopic (exact) mass is 368 g/mol. The van der Waals surface area contributed by atoms with Gasteiger partial charge < -0.3 is 0 Å². The second kappa shape index (κ2) is 7.57. The standard InChI is InChI=1S/C16H21FN4OS2/c1-10(2)16(3,9-23-5)14(22)21(4)15-20-19-13(24-15)11-6-12(17)8-18-7-11/h6-8,10H,9H2,1-5H3. The Bertz CT molecular complexity index is 722. The highest BCUT2D eigenvalue weighted by Crippen LogP contribution is 2.35. The minimum absolute atomic E-state index is 0.00640. The fourth-order valence-corrected chi connectivity index (χ4v) is 4.08. The Labute approximate surface area is 149 Å². The molecule has 0 saturated carbocycles. The Balaban J connectivity index is 2.27. The van der Waals surface area contributed by atoms with Crippen LogP contribution in [0.25, 0.3) is 10.6 Å². The second-order valence-corrected chi connectivity index (χ2v) is 7.97. The van der Waals surface area contributed by atoms with Crippen LogP contribution < -0.4 is 4.90 Å². The maximum absolute atomic E-state index is 13.3. The summed E-state index contributed by atoms with van der Waals surface area (Å²) in [6, 6.07) is 1.35. The highest BCUT2D eigenvalue weighted by Gasteiger charge is 2.39. The number of hydrogen-bond donors (Lipinski definition) is 0. The summed E-state index contributed by atoms with van der Waals surface area (Å²) in [4.78, 5) is 18.3. The topological polar surface area (TPSA) is 59.0 Å². The molecule has 0 N–H and O–H groups in total. The quantitative estimate of drug-likeness (QED) is 0.778. The minimum Gasteiger partial charge on any atom is -0.289 e. The molecule has 0 aliphatic carbocycles. The number of nitrogens with zero attached hydrogens (tertiary/aromatic N) is 4. The highest BCUT2D eigenvalue weighted by molar-refractivity contribution is 7.98. The van der Waals surface area contributed by atoms with Crippen molar-refractivity contribution < 1.29 is 9.18 Å². The van der Waals surface area contributed by atoms with Gasteiger partial charge in [-0.3, -0.25) is 14.7 Å². The van der Waals surface area contributed by atoms with Crippen LogP contribution in [-0.4, -0.2) is 40.1 Å². The van der Waals surface area contributed by atoms with Gasteiger partial charge in [0.1, 0.15) is 5.82 Å². The van der Waals surface area contributed by atoms with Gasteiger partial charge in [-0.05, 0) is 25.2 Å². The van der Waals surface area contributed by atoms with E-state index in [1.54, 1.807) is 23.7 Å². The number of carbonyl (C=O) groups excluding carboxylic acids is 1. The second-order valence-electron chi connectivity index (χ2n) is 6.15. The van der Waals surface area contributed by atoms with E-state index in [0.717, 1.165) is 11.9 Å². The highest BCUT2D eigenvalue weighted by atomic mass is 32.2. The van der Waals surface area contributed by atoms with E-state index in [1.165, 1.54) is 23.6 Å². The number of aromatic nitrogens is 3. The average molecular weight is 369 g/mol. The molecule has 2 aromatic heterocycles. The van der Waals surface area contributed by atoms with Crippen molar-refractivity contribution in [3.8, 4) is 10.6 Å². The van der Waals surface area contributed by atoms with E-state index >= 15 is 0 Å². The van der Waals surface area contributed by atoms with Gasteiger partial charge in [0.05, 0.1) is 11.6 Å². The van der Waals surface area contributed by atoms with Crippen LogP contribution in [0.1, 0.15) is 20.8 Å². The normalized spacial score (nSPS) is 13.8. The van der Waals surface area contributed by atoms with E-state index in [1.807, 2.05) is 27.0 Å². The van der Waals surface area contributed by atoms with Gasteiger partial charge >= 0.3 is 0 Å². The van der Waals surface area contributed by atoms with E-state index < -0.39 is 11.2 Å². The molecule has 0 aliphatic heterocycles. The molecule has 0 bridgehead atoms. The molecule has 2 aromatic rings. The molecule has 0 aliphatic rings. The van der Waals surface area contributed by atoms with Gasteiger partial charge in [0.15, 0.2) is 5.01 Å². The Kier molecular flexibility index (Phi) is 5.92. The molecule has 0 spiro atoms. The molecule has 0 radical (unpaired) electrons. The average Bonchev–Trinajstić information content (AvgIpc) is 3.03. The molecule has 1 atom stereocenters. The van der Waals surface area contributed by atoms with E-state index in [-0.39, 0.29) is 11.8 Å². The van der Waals surface area contributed by atoms with Gasteiger partial charge in [0.25, 0.3) is 0 Å². The third kappa shape index (κ3) is 3.75. The number of anilines is 1. The van der Waals surface area contributed by atoms with Crippen LogP contribution >= 0.6 is 23.1 Å². The van der Waals surface area contributed by atoms with Gasteiger partial charge in [-0.15, -0.1) is 10.2 Å². The van der Waals surface area contributed by atoms with Gasteiger partial charge in [-0.2, -0.15) is 11.8 Å². The lowest BCUT2D eigenvalue weighted by Gasteiger charge is -2.34. The van der Waals surface area contributed by atoms with Crippen molar-refractivity contribution in [3.05, 3.63) is 24.3 Å². The third-order valence-electron chi connectivity index (χ3n) is 4.16. The Hall–Kier alpha value is -1.54. The molecule has 0 saturated heterocycles. The molecule has 1 amide bonds. The summed E-state index contributed by atoms with van der Waals surface area (Å²) in [6.45, 7) is 6.07. The number of pyridine rings is 1. The smallest absolute Gasteiger partial charge is 0.235 e. The first-order valence-corrected chi connectivity index (χ1v) is 9.72. The van der Waals surface area contributed by atoms with Crippen LogP contribution in [0.2, 0.25) is 0 Å². The lowest BCUT2D eigenvalue weighted by atomic mass is 9.79. The summed E-state index contributed by atoms with van der Waals surface area (Å²) < 4.78 is 13.3. The fraction of sp³-hybridized carbons (Fsp3) is 0.500. The van der Waals surface area contributed by atoms with Gasteiger partial charge in [0.2, 0.25) is 11.0 Å². The predicted molar refractivity (Wildman–Crippen MR) is 97.8 cm³/mol. The summed E-state index contributed by atoms with van der Waals surface area (Å²) in [5.41, 5.74) is 0.0655. The molecule has 130 valence electrons. The molecule has 2 heterocycles. The van der Waals surface area contributed by atoms with Crippen molar-refractivity contribution in [2.24, 2.45) is 11.3 Å². The predicted octanol–water partition coefficient (Wildman–Crippen LogP) is 3.73. The maximum atomic E-state index is 13.3. The van der Waals surface area contributed by atoms with Crippen molar-refractivity contribution in [2.45, 2.75) is 20.8 Å². The van der Waals surface area contributed by atoms with Crippen LogP contribution in [0.15, 0.2) is 18.5 Å². The first kappa shape index (κ1) is 18.8. The summed E-state index contributed by atoms with van der Waals surface area (Å²) in [5, 5.41) is 9.19. The molecule has 1 unspecified atom stereocenters. The zero-order valence-electron chi connectivity index (χ0n) is 14.4. The van der Waals surface area contributed by atoms with E-state index in [0.29, 0.717) is 15.7 Å².